The molecule has 6 heteroatoms. The van der Waals surface area contributed by atoms with Crippen molar-refractivity contribution in [1.82, 2.24) is 9.71 Å². The molecule has 0 atom stereocenters. The number of nitrogens with two attached hydrogens (primary N) is 1. The van der Waals surface area contributed by atoms with Gasteiger partial charge < -0.3 is 10.7 Å². The molecule has 23 heavy (non-hydrogen) atoms. The van der Waals surface area contributed by atoms with E-state index in [0.29, 0.717) is 6.54 Å². The Morgan fingerprint density at radius 3 is 2.61 bits per heavy atom. The molecule has 0 radical (unpaired) electrons. The second-order valence-corrected chi connectivity index (χ2v) is 7.14. The van der Waals surface area contributed by atoms with E-state index in [1.807, 2.05) is 24.4 Å². The minimum absolute atomic E-state index is 0.250. The van der Waals surface area contributed by atoms with E-state index in [1.54, 1.807) is 30.3 Å². The van der Waals surface area contributed by atoms with Crippen LogP contribution < -0.4 is 10.5 Å². The Morgan fingerprint density at radius 1 is 1.09 bits per heavy atom. The van der Waals surface area contributed by atoms with Crippen LogP contribution in [-0.2, 0) is 23.0 Å². The summed E-state index contributed by atoms with van der Waals surface area (Å²) in [7, 11) is -3.50. The first-order valence-electron chi connectivity index (χ1n) is 7.44. The molecule has 0 spiro atoms. The number of sulfonamides is 1. The third-order valence-electron chi connectivity index (χ3n) is 3.77. The van der Waals surface area contributed by atoms with Crippen molar-refractivity contribution in [3.63, 3.8) is 0 Å². The van der Waals surface area contributed by atoms with Crippen LogP contribution in [0.15, 0.2) is 59.6 Å². The maximum atomic E-state index is 12.3. The summed E-state index contributed by atoms with van der Waals surface area (Å²) in [5, 5.41) is 1.09. The standard InChI is InChI=1S/C17H19N3O2S/c18-9-8-14-12-19-17-7-6-13(10-16(14)17)11-20-23(21,22)15-4-2-1-3-5-15/h1-7,10,12,19-20H,8-9,11,18H2. The van der Waals surface area contributed by atoms with E-state index in [9.17, 15) is 8.42 Å². The van der Waals surface area contributed by atoms with Gasteiger partial charge in [-0.3, -0.25) is 0 Å². The first-order valence-corrected chi connectivity index (χ1v) is 8.92. The molecule has 4 N–H and O–H groups in total. The summed E-state index contributed by atoms with van der Waals surface area (Å²) in [6.45, 7) is 0.832. The molecule has 3 rings (SSSR count). The number of hydrogen-bond acceptors (Lipinski definition) is 3. The van der Waals surface area contributed by atoms with Crippen LogP contribution in [0.4, 0.5) is 0 Å². The van der Waals surface area contributed by atoms with Crippen LogP contribution in [0.2, 0.25) is 0 Å². The van der Waals surface area contributed by atoms with Crippen LogP contribution in [0.5, 0.6) is 0 Å². The molecule has 0 bridgehead atoms. The highest BCUT2D eigenvalue weighted by atomic mass is 32.2. The first-order chi connectivity index (χ1) is 11.1. The normalized spacial score (nSPS) is 11.9. The fourth-order valence-electron chi connectivity index (χ4n) is 2.56. The zero-order valence-electron chi connectivity index (χ0n) is 12.6. The molecular weight excluding hydrogens is 310 g/mol. The van der Waals surface area contributed by atoms with Crippen molar-refractivity contribution >= 4 is 20.9 Å². The quantitative estimate of drug-likeness (QED) is 0.647. The van der Waals surface area contributed by atoms with Crippen molar-refractivity contribution in [1.29, 1.82) is 0 Å². The average molecular weight is 329 g/mol. The molecule has 0 saturated carbocycles. The molecule has 120 valence electrons. The number of nitrogens with one attached hydrogen (secondary N) is 2. The lowest BCUT2D eigenvalue weighted by molar-refractivity contribution is 0.581. The summed E-state index contributed by atoms with van der Waals surface area (Å²) in [6.07, 6.45) is 2.74. The van der Waals surface area contributed by atoms with Gasteiger partial charge >= 0.3 is 0 Å². The Kier molecular flexibility index (Phi) is 4.47. The molecule has 0 amide bonds. The van der Waals surface area contributed by atoms with Crippen LogP contribution in [0, 0.1) is 0 Å². The lowest BCUT2D eigenvalue weighted by atomic mass is 10.1. The highest BCUT2D eigenvalue weighted by Crippen LogP contribution is 2.20. The van der Waals surface area contributed by atoms with Crippen molar-refractivity contribution in [2.75, 3.05) is 6.54 Å². The van der Waals surface area contributed by atoms with Gasteiger partial charge in [-0.05, 0) is 48.4 Å². The van der Waals surface area contributed by atoms with Crippen LogP contribution in [0.1, 0.15) is 11.1 Å². The van der Waals surface area contributed by atoms with Gasteiger partial charge in [0.15, 0.2) is 0 Å². The van der Waals surface area contributed by atoms with Crippen molar-refractivity contribution in [3.05, 3.63) is 65.9 Å². The van der Waals surface area contributed by atoms with Gasteiger partial charge in [0.25, 0.3) is 0 Å². The Balaban J connectivity index is 1.80. The molecule has 0 unspecified atom stereocenters. The summed E-state index contributed by atoms with van der Waals surface area (Å²) < 4.78 is 27.1. The third-order valence-corrected chi connectivity index (χ3v) is 5.18. The van der Waals surface area contributed by atoms with Crippen LogP contribution in [0.3, 0.4) is 0 Å². The van der Waals surface area contributed by atoms with Crippen LogP contribution in [0.25, 0.3) is 10.9 Å². The van der Waals surface area contributed by atoms with E-state index in [1.165, 1.54) is 0 Å². The number of rotatable bonds is 6. The summed E-state index contributed by atoms with van der Waals surface area (Å²) in [6, 6.07) is 14.2. The zero-order chi connectivity index (χ0) is 16.3. The Hall–Kier alpha value is -2.15. The van der Waals surface area contributed by atoms with E-state index in [2.05, 4.69) is 9.71 Å². The minimum atomic E-state index is -3.50. The van der Waals surface area contributed by atoms with Gasteiger partial charge in [0.1, 0.15) is 0 Å². The molecule has 0 fully saturated rings. The molecule has 3 aromatic rings. The highest BCUT2D eigenvalue weighted by Gasteiger charge is 2.13. The van der Waals surface area contributed by atoms with Gasteiger partial charge in [0, 0.05) is 23.6 Å². The molecule has 1 heterocycles. The average Bonchev–Trinajstić information content (AvgIpc) is 2.97. The maximum absolute atomic E-state index is 12.3. The van der Waals surface area contributed by atoms with Gasteiger partial charge in [0.05, 0.1) is 4.90 Å². The second kappa shape index (κ2) is 6.54. The van der Waals surface area contributed by atoms with Crippen molar-refractivity contribution in [2.24, 2.45) is 5.73 Å². The van der Waals surface area contributed by atoms with E-state index in [-0.39, 0.29) is 11.4 Å². The molecule has 5 nitrogen and oxygen atoms in total. The van der Waals surface area contributed by atoms with Crippen molar-refractivity contribution in [2.45, 2.75) is 17.9 Å². The Bertz CT molecular complexity index is 902. The van der Waals surface area contributed by atoms with E-state index in [4.69, 9.17) is 5.73 Å². The topological polar surface area (TPSA) is 88.0 Å². The highest BCUT2D eigenvalue weighted by molar-refractivity contribution is 7.89. The number of aromatic nitrogens is 1. The van der Waals surface area contributed by atoms with Gasteiger partial charge in [0.2, 0.25) is 10.0 Å². The Labute approximate surface area is 135 Å². The Morgan fingerprint density at radius 2 is 1.87 bits per heavy atom. The lowest BCUT2D eigenvalue weighted by Crippen LogP contribution is -2.23. The monoisotopic (exact) mass is 329 g/mol. The minimum Gasteiger partial charge on any atom is -0.361 e. The van der Waals surface area contributed by atoms with Gasteiger partial charge in [-0.15, -0.1) is 0 Å². The van der Waals surface area contributed by atoms with Crippen LogP contribution in [-0.4, -0.2) is 19.9 Å². The number of aromatic amines is 1. The number of fused-ring (bicyclic) bond motifs is 1. The summed E-state index contributed by atoms with van der Waals surface area (Å²) >= 11 is 0. The van der Waals surface area contributed by atoms with Crippen LogP contribution >= 0.6 is 0 Å². The first kappa shape index (κ1) is 15.7. The molecule has 0 saturated heterocycles. The van der Waals surface area contributed by atoms with E-state index >= 15 is 0 Å². The molecule has 0 aliphatic carbocycles. The predicted octanol–water partition coefficient (Wildman–Crippen LogP) is 2.15. The van der Waals surface area contributed by atoms with Crippen molar-refractivity contribution < 1.29 is 8.42 Å². The maximum Gasteiger partial charge on any atom is 0.240 e. The summed E-state index contributed by atoms with van der Waals surface area (Å²) in [5.41, 5.74) is 8.71. The summed E-state index contributed by atoms with van der Waals surface area (Å²) in [4.78, 5) is 3.47. The molecular formula is C17H19N3O2S. The predicted molar refractivity (Wildman–Crippen MR) is 91.5 cm³/mol. The fourth-order valence-corrected chi connectivity index (χ4v) is 3.60. The zero-order valence-corrected chi connectivity index (χ0v) is 13.4. The van der Waals surface area contributed by atoms with Gasteiger partial charge in [-0.25, -0.2) is 13.1 Å². The van der Waals surface area contributed by atoms with Crippen molar-refractivity contribution in [3.8, 4) is 0 Å². The molecule has 2 aromatic carbocycles. The number of H-pyrrole nitrogens is 1. The molecule has 1 aromatic heterocycles. The number of hydrogen-bond donors (Lipinski definition) is 3. The lowest BCUT2D eigenvalue weighted by Gasteiger charge is -2.07. The SMILES string of the molecule is NCCc1c[nH]c2ccc(CNS(=O)(=O)c3ccccc3)cc12. The largest absolute Gasteiger partial charge is 0.361 e. The smallest absolute Gasteiger partial charge is 0.240 e. The number of benzene rings is 2. The molecule has 0 aliphatic heterocycles. The summed E-state index contributed by atoms with van der Waals surface area (Å²) in [5.74, 6) is 0. The van der Waals surface area contributed by atoms with Gasteiger partial charge in [-0.2, -0.15) is 0 Å². The molecule has 0 aliphatic rings. The van der Waals surface area contributed by atoms with E-state index < -0.39 is 10.0 Å². The van der Waals surface area contributed by atoms with Gasteiger partial charge in [-0.1, -0.05) is 24.3 Å². The fraction of sp³-hybridized carbons (Fsp3) is 0.176. The van der Waals surface area contributed by atoms with E-state index in [0.717, 1.165) is 28.5 Å². The second-order valence-electron chi connectivity index (χ2n) is 5.37. The third kappa shape index (κ3) is 3.44.